The van der Waals surface area contributed by atoms with Crippen LogP contribution in [0.2, 0.25) is 0 Å². The molecule has 3 rings (SSSR count). The summed E-state index contributed by atoms with van der Waals surface area (Å²) in [6.45, 7) is 5.52. The lowest BCUT2D eigenvalue weighted by molar-refractivity contribution is -0.198. The van der Waals surface area contributed by atoms with Crippen LogP contribution < -0.4 is 0 Å². The van der Waals surface area contributed by atoms with Gasteiger partial charge in [0.25, 0.3) is 0 Å². The van der Waals surface area contributed by atoms with Gasteiger partial charge in [-0.3, -0.25) is 0 Å². The minimum Gasteiger partial charge on any atom is -0.479 e. The molecule has 4 N–H and O–H groups in total. The molecule has 0 radical (unpaired) electrons. The number of carbonyl (C=O) groups is 2. The first kappa shape index (κ1) is 33.7. The summed E-state index contributed by atoms with van der Waals surface area (Å²) >= 11 is 0. The third kappa shape index (κ3) is 9.61. The first-order valence-electron chi connectivity index (χ1n) is 14.7. The van der Waals surface area contributed by atoms with E-state index in [2.05, 4.69) is 6.08 Å². The first-order chi connectivity index (χ1) is 20.0. The highest BCUT2D eigenvalue weighted by molar-refractivity contribution is 5.82. The number of aliphatic hydroxyl groups is 3. The molecule has 9 heteroatoms. The molecule has 42 heavy (non-hydrogen) atoms. The highest BCUT2D eigenvalue weighted by Gasteiger charge is 2.49. The van der Waals surface area contributed by atoms with E-state index in [1.165, 1.54) is 6.08 Å². The number of aliphatic hydroxyl groups excluding tert-OH is 3. The van der Waals surface area contributed by atoms with E-state index >= 15 is 0 Å². The minimum atomic E-state index is -1.49. The molecular weight excluding hydrogens is 540 g/mol. The largest absolute Gasteiger partial charge is 0.479 e. The van der Waals surface area contributed by atoms with Crippen LogP contribution in [0.4, 0.5) is 0 Å². The van der Waals surface area contributed by atoms with Gasteiger partial charge in [-0.2, -0.15) is 0 Å². The molecule has 0 spiro atoms. The molecule has 3 aliphatic heterocycles. The minimum absolute atomic E-state index is 0.0213. The Labute approximate surface area is 248 Å². The van der Waals surface area contributed by atoms with Crippen molar-refractivity contribution in [2.24, 2.45) is 11.3 Å². The van der Waals surface area contributed by atoms with Crippen molar-refractivity contribution in [3.05, 3.63) is 72.4 Å². The number of fused-ring (bicyclic) bond motifs is 4. The third-order valence-electron chi connectivity index (χ3n) is 8.31. The molecule has 4 bridgehead atoms. The maximum atomic E-state index is 12.8. The molecule has 0 unspecified atom stereocenters. The number of carboxylic acids is 1. The summed E-state index contributed by atoms with van der Waals surface area (Å²) in [6, 6.07) is 0. The van der Waals surface area contributed by atoms with Gasteiger partial charge in [-0.25, -0.2) is 9.59 Å². The molecule has 9 nitrogen and oxygen atoms in total. The summed E-state index contributed by atoms with van der Waals surface area (Å²) in [5, 5.41) is 39.4. The van der Waals surface area contributed by atoms with Crippen LogP contribution >= 0.6 is 0 Å². The zero-order chi connectivity index (χ0) is 30.7. The second-order valence-electron chi connectivity index (χ2n) is 11.7. The molecule has 2 saturated heterocycles. The van der Waals surface area contributed by atoms with Crippen molar-refractivity contribution in [1.29, 1.82) is 0 Å². The molecule has 2 fully saturated rings. The van der Waals surface area contributed by atoms with Crippen molar-refractivity contribution in [3.63, 3.8) is 0 Å². The molecule has 232 valence electrons. The van der Waals surface area contributed by atoms with Crippen molar-refractivity contribution in [2.45, 2.75) is 102 Å². The number of rotatable bonds is 6. The lowest BCUT2D eigenvalue weighted by Crippen LogP contribution is -2.55. The van der Waals surface area contributed by atoms with Crippen molar-refractivity contribution < 1.29 is 44.2 Å². The van der Waals surface area contributed by atoms with Crippen LogP contribution in [0.25, 0.3) is 0 Å². The van der Waals surface area contributed by atoms with Gasteiger partial charge in [-0.1, -0.05) is 80.2 Å². The average molecular weight is 587 g/mol. The number of ether oxygens (including phenoxy) is 3. The van der Waals surface area contributed by atoms with Gasteiger partial charge in [0, 0.05) is 31.3 Å². The fourth-order valence-corrected chi connectivity index (χ4v) is 5.44. The van der Waals surface area contributed by atoms with E-state index in [0.29, 0.717) is 32.1 Å². The number of hydrogen-bond acceptors (Lipinski definition) is 8. The van der Waals surface area contributed by atoms with E-state index in [1.807, 2.05) is 51.2 Å². The summed E-state index contributed by atoms with van der Waals surface area (Å²) < 4.78 is 18.5. The predicted octanol–water partition coefficient (Wildman–Crippen LogP) is 3.96. The monoisotopic (exact) mass is 586 g/mol. The van der Waals surface area contributed by atoms with Crippen LogP contribution in [-0.2, 0) is 23.8 Å². The van der Waals surface area contributed by atoms with E-state index in [4.69, 9.17) is 19.3 Å². The van der Waals surface area contributed by atoms with Crippen molar-refractivity contribution in [2.75, 3.05) is 6.61 Å². The zero-order valence-electron chi connectivity index (χ0n) is 24.7. The molecule has 0 aromatic rings. The lowest BCUT2D eigenvalue weighted by atomic mass is 9.73. The average Bonchev–Trinajstić information content (AvgIpc) is 2.94. The van der Waals surface area contributed by atoms with E-state index in [0.717, 1.165) is 5.57 Å². The van der Waals surface area contributed by atoms with Gasteiger partial charge < -0.3 is 34.6 Å². The SMILES string of the molecule is CC1=C\[C@H]2O[C@@H](C/C=C/C=C/C(=O)O[C@@H]3C[C@@H](/C=C/C\C=C\1)O[C@@H](C/C=C\C[C@@H](O)C(=O)O)[C@]3(C)CO)C[C@H](O)[C@H]2C. The maximum absolute atomic E-state index is 12.8. The van der Waals surface area contributed by atoms with Crippen LogP contribution in [-0.4, -0.2) is 81.7 Å². The summed E-state index contributed by atoms with van der Waals surface area (Å²) in [7, 11) is 0. The van der Waals surface area contributed by atoms with Gasteiger partial charge in [0.1, 0.15) is 6.10 Å². The van der Waals surface area contributed by atoms with E-state index in [-0.39, 0.29) is 37.3 Å². The topological polar surface area (TPSA) is 143 Å². The van der Waals surface area contributed by atoms with Gasteiger partial charge >= 0.3 is 11.9 Å². The first-order valence-corrected chi connectivity index (χ1v) is 14.7. The Morgan fingerprint density at radius 3 is 2.67 bits per heavy atom. The summed E-state index contributed by atoms with van der Waals surface area (Å²) in [5.41, 5.74) is 0.130. The smallest absolute Gasteiger partial charge is 0.332 e. The Kier molecular flexibility index (Phi) is 12.9. The number of hydrogen-bond donors (Lipinski definition) is 4. The zero-order valence-corrected chi connectivity index (χ0v) is 24.7. The number of carboxylic acid groups (broad SMARTS) is 1. The van der Waals surface area contributed by atoms with Crippen molar-refractivity contribution in [1.82, 2.24) is 0 Å². The Bertz CT molecular complexity index is 1090. The van der Waals surface area contributed by atoms with E-state index < -0.39 is 41.8 Å². The van der Waals surface area contributed by atoms with E-state index in [1.54, 1.807) is 24.3 Å². The molecular formula is C33H46O9. The van der Waals surface area contributed by atoms with Crippen LogP contribution in [0, 0.1) is 11.3 Å². The molecule has 3 heterocycles. The second kappa shape index (κ2) is 16.1. The Balaban J connectivity index is 1.82. The molecule has 0 saturated carbocycles. The highest BCUT2D eigenvalue weighted by atomic mass is 16.6. The summed E-state index contributed by atoms with van der Waals surface area (Å²) in [5.74, 6) is -1.86. The fourth-order valence-electron chi connectivity index (χ4n) is 5.44. The Hall–Kier alpha value is -2.82. The molecule has 3 aliphatic rings. The highest BCUT2D eigenvalue weighted by Crippen LogP contribution is 2.41. The van der Waals surface area contributed by atoms with Gasteiger partial charge in [-0.05, 0) is 26.2 Å². The molecule has 0 aromatic carbocycles. The number of carbonyl (C=O) groups excluding carboxylic acids is 1. The molecule has 0 aromatic heterocycles. The molecule has 9 atom stereocenters. The molecule has 0 amide bonds. The summed E-state index contributed by atoms with van der Waals surface area (Å²) in [4.78, 5) is 23.7. The number of esters is 1. The van der Waals surface area contributed by atoms with Crippen LogP contribution in [0.15, 0.2) is 72.4 Å². The standard InChI is InChI=1S/C33H46O9/c1-22-12-6-4-7-14-25-20-30(33(3,21-34)29(41-25)16-11-10-15-26(35)32(38)39)42-31(37)17-9-5-8-13-24-19-27(36)23(2)28(18-22)40-24/h5-12,14,17-18,23-30,34-36H,4,13,15-16,19-21H2,1-3H3,(H,38,39)/b8-5+,11-10-,12-6+,14-7+,17-9+,22-18+/t23-,24+,25-,26-,27+,28-,29+,30-,33+/m1/s1. The maximum Gasteiger partial charge on any atom is 0.332 e. The fraction of sp³-hybridized carbons (Fsp3) is 0.576. The summed E-state index contributed by atoms with van der Waals surface area (Å²) in [6.07, 6.45) is 18.5. The van der Waals surface area contributed by atoms with Gasteiger partial charge in [0.15, 0.2) is 6.10 Å². The Morgan fingerprint density at radius 2 is 1.93 bits per heavy atom. The van der Waals surface area contributed by atoms with Gasteiger partial charge in [0.2, 0.25) is 0 Å². The van der Waals surface area contributed by atoms with Crippen LogP contribution in [0.3, 0.4) is 0 Å². The number of allylic oxidation sites excluding steroid dienone is 6. The Morgan fingerprint density at radius 1 is 1.14 bits per heavy atom. The molecule has 0 aliphatic carbocycles. The quantitative estimate of drug-likeness (QED) is 0.269. The predicted molar refractivity (Wildman–Crippen MR) is 158 cm³/mol. The van der Waals surface area contributed by atoms with E-state index in [9.17, 15) is 24.9 Å². The third-order valence-corrected chi connectivity index (χ3v) is 8.31. The van der Waals surface area contributed by atoms with Crippen molar-refractivity contribution in [3.8, 4) is 0 Å². The number of aliphatic carboxylic acids is 1. The van der Waals surface area contributed by atoms with Crippen molar-refractivity contribution >= 4 is 11.9 Å². The van der Waals surface area contributed by atoms with Crippen LogP contribution in [0.5, 0.6) is 0 Å². The lowest BCUT2D eigenvalue weighted by Gasteiger charge is -2.47. The van der Waals surface area contributed by atoms with Gasteiger partial charge in [-0.15, -0.1) is 0 Å². The van der Waals surface area contributed by atoms with Crippen LogP contribution in [0.1, 0.15) is 59.3 Å². The van der Waals surface area contributed by atoms with Gasteiger partial charge in [0.05, 0.1) is 42.5 Å². The second-order valence-corrected chi connectivity index (χ2v) is 11.7. The normalized spacial score (nSPS) is 39.7.